The first-order valence-electron chi connectivity index (χ1n) is 8.34. The predicted molar refractivity (Wildman–Crippen MR) is 107 cm³/mol. The van der Waals surface area contributed by atoms with Crippen LogP contribution in [0, 0.1) is 0 Å². The molecule has 0 heterocycles. The van der Waals surface area contributed by atoms with Gasteiger partial charge >= 0.3 is 0 Å². The van der Waals surface area contributed by atoms with Gasteiger partial charge in [0.2, 0.25) is 0 Å². The molecule has 134 valence electrons. The van der Waals surface area contributed by atoms with Crippen LogP contribution in [0.2, 0.25) is 10.0 Å². The maximum absolute atomic E-state index is 13.1. The van der Waals surface area contributed by atoms with E-state index in [4.69, 9.17) is 23.2 Å². The van der Waals surface area contributed by atoms with Crippen LogP contribution in [-0.4, -0.2) is 22.0 Å². The smallest absolute Gasteiger partial charge is 0.258 e. The highest BCUT2D eigenvalue weighted by molar-refractivity contribution is 6.42. The van der Waals surface area contributed by atoms with Crippen LogP contribution in [-0.2, 0) is 6.54 Å². The standard InChI is InChI=1S/C21H19Cl2NO2/c1-13(2)24(12-14-7-10-18(22)19(23)11-14)21(26)17-9-8-15-5-3-4-6-16(15)20(17)25/h3-11,13,25H,12H2,1-2H3. The van der Waals surface area contributed by atoms with Crippen LogP contribution in [0.4, 0.5) is 0 Å². The van der Waals surface area contributed by atoms with Crippen LogP contribution in [0.1, 0.15) is 29.8 Å². The van der Waals surface area contributed by atoms with Gasteiger partial charge < -0.3 is 10.0 Å². The summed E-state index contributed by atoms with van der Waals surface area (Å²) >= 11 is 12.1. The second-order valence-electron chi connectivity index (χ2n) is 6.46. The molecular weight excluding hydrogens is 369 g/mol. The second-order valence-corrected chi connectivity index (χ2v) is 7.27. The van der Waals surface area contributed by atoms with Gasteiger partial charge in [-0.15, -0.1) is 0 Å². The van der Waals surface area contributed by atoms with E-state index >= 15 is 0 Å². The van der Waals surface area contributed by atoms with E-state index in [1.54, 1.807) is 29.2 Å². The minimum atomic E-state index is -0.227. The van der Waals surface area contributed by atoms with E-state index in [-0.39, 0.29) is 23.3 Å². The van der Waals surface area contributed by atoms with Crippen LogP contribution >= 0.6 is 23.2 Å². The molecule has 3 nitrogen and oxygen atoms in total. The Morgan fingerprint density at radius 1 is 1.04 bits per heavy atom. The molecule has 1 amide bonds. The summed E-state index contributed by atoms with van der Waals surface area (Å²) in [6.07, 6.45) is 0. The fourth-order valence-electron chi connectivity index (χ4n) is 2.91. The van der Waals surface area contributed by atoms with Gasteiger partial charge in [-0.2, -0.15) is 0 Å². The molecule has 0 saturated carbocycles. The molecule has 5 heteroatoms. The number of phenolic OH excluding ortho intramolecular Hbond substituents is 1. The molecule has 26 heavy (non-hydrogen) atoms. The molecule has 0 saturated heterocycles. The zero-order valence-electron chi connectivity index (χ0n) is 14.5. The van der Waals surface area contributed by atoms with Gasteiger partial charge in [0.1, 0.15) is 5.75 Å². The summed E-state index contributed by atoms with van der Waals surface area (Å²) in [6, 6.07) is 16.2. The van der Waals surface area contributed by atoms with E-state index in [2.05, 4.69) is 0 Å². The van der Waals surface area contributed by atoms with Crippen molar-refractivity contribution in [2.75, 3.05) is 0 Å². The zero-order valence-corrected chi connectivity index (χ0v) is 16.1. The van der Waals surface area contributed by atoms with Crippen LogP contribution in [0.15, 0.2) is 54.6 Å². The zero-order chi connectivity index (χ0) is 18.8. The number of aromatic hydroxyl groups is 1. The average molecular weight is 388 g/mol. The van der Waals surface area contributed by atoms with Crippen molar-refractivity contribution in [3.05, 3.63) is 75.8 Å². The van der Waals surface area contributed by atoms with E-state index < -0.39 is 0 Å². The SMILES string of the molecule is CC(C)N(Cc1ccc(Cl)c(Cl)c1)C(=O)c1ccc2ccccc2c1O. The predicted octanol–water partition coefficient (Wildman–Crippen LogP) is 5.90. The molecule has 3 aromatic rings. The Labute approximate surface area is 162 Å². The van der Waals surface area contributed by atoms with E-state index in [1.807, 2.05) is 44.2 Å². The molecule has 0 aliphatic carbocycles. The first-order valence-corrected chi connectivity index (χ1v) is 9.09. The van der Waals surface area contributed by atoms with Crippen molar-refractivity contribution in [3.63, 3.8) is 0 Å². The highest BCUT2D eigenvalue weighted by Gasteiger charge is 2.23. The maximum atomic E-state index is 13.1. The molecule has 3 rings (SSSR count). The number of hydrogen-bond donors (Lipinski definition) is 1. The lowest BCUT2D eigenvalue weighted by atomic mass is 10.0. The Bertz CT molecular complexity index is 969. The molecule has 0 aromatic heterocycles. The molecular formula is C21H19Cl2NO2. The second kappa shape index (κ2) is 7.56. The molecule has 0 fully saturated rings. The van der Waals surface area contributed by atoms with Crippen molar-refractivity contribution in [1.29, 1.82) is 0 Å². The number of carbonyl (C=O) groups is 1. The first-order chi connectivity index (χ1) is 12.4. The van der Waals surface area contributed by atoms with E-state index in [1.165, 1.54) is 0 Å². The number of hydrogen-bond acceptors (Lipinski definition) is 2. The summed E-state index contributed by atoms with van der Waals surface area (Å²) in [7, 11) is 0. The van der Waals surface area contributed by atoms with Crippen molar-refractivity contribution in [2.45, 2.75) is 26.4 Å². The fourth-order valence-corrected chi connectivity index (χ4v) is 3.23. The Kier molecular flexibility index (Phi) is 5.40. The highest BCUT2D eigenvalue weighted by atomic mass is 35.5. The summed E-state index contributed by atoms with van der Waals surface area (Å²) in [6.45, 7) is 4.25. The van der Waals surface area contributed by atoms with Crippen molar-refractivity contribution >= 4 is 39.9 Å². The molecule has 0 aliphatic heterocycles. The number of carbonyl (C=O) groups excluding carboxylic acids is 1. The van der Waals surface area contributed by atoms with Crippen molar-refractivity contribution in [2.24, 2.45) is 0 Å². The first kappa shape index (κ1) is 18.6. The van der Waals surface area contributed by atoms with E-state index in [9.17, 15) is 9.90 Å². The fraction of sp³-hybridized carbons (Fsp3) is 0.190. The van der Waals surface area contributed by atoms with Gasteiger partial charge in [0.25, 0.3) is 5.91 Å². The van der Waals surface area contributed by atoms with Gasteiger partial charge in [-0.3, -0.25) is 4.79 Å². The summed E-state index contributed by atoms with van der Waals surface area (Å²) < 4.78 is 0. The molecule has 1 N–H and O–H groups in total. The van der Waals surface area contributed by atoms with E-state index in [0.29, 0.717) is 22.0 Å². The number of amides is 1. The Morgan fingerprint density at radius 2 is 1.77 bits per heavy atom. The quantitative estimate of drug-likeness (QED) is 0.604. The molecule has 0 atom stereocenters. The minimum Gasteiger partial charge on any atom is -0.506 e. The van der Waals surface area contributed by atoms with E-state index in [0.717, 1.165) is 10.9 Å². The van der Waals surface area contributed by atoms with Crippen molar-refractivity contribution in [3.8, 4) is 5.75 Å². The normalized spacial score (nSPS) is 11.1. The molecule has 0 bridgehead atoms. The third kappa shape index (κ3) is 3.64. The number of rotatable bonds is 4. The molecule has 3 aromatic carbocycles. The lowest BCUT2D eigenvalue weighted by molar-refractivity contribution is 0.0687. The number of halogens is 2. The Balaban J connectivity index is 1.96. The van der Waals surface area contributed by atoms with Crippen LogP contribution in [0.5, 0.6) is 5.75 Å². The van der Waals surface area contributed by atoms with Crippen molar-refractivity contribution in [1.82, 2.24) is 4.90 Å². The highest BCUT2D eigenvalue weighted by Crippen LogP contribution is 2.30. The Hall–Kier alpha value is -2.23. The lowest BCUT2D eigenvalue weighted by Gasteiger charge is -2.27. The lowest BCUT2D eigenvalue weighted by Crippen LogP contribution is -2.36. The summed E-state index contributed by atoms with van der Waals surface area (Å²) in [5.74, 6) is -0.220. The van der Waals surface area contributed by atoms with Gasteiger partial charge in [0.05, 0.1) is 15.6 Å². The monoisotopic (exact) mass is 387 g/mol. The third-order valence-corrected chi connectivity index (χ3v) is 5.09. The largest absolute Gasteiger partial charge is 0.506 e. The number of phenols is 1. The number of nitrogens with zero attached hydrogens (tertiary/aromatic N) is 1. The van der Waals surface area contributed by atoms with Gasteiger partial charge in [-0.1, -0.05) is 59.6 Å². The number of fused-ring (bicyclic) bond motifs is 1. The maximum Gasteiger partial charge on any atom is 0.258 e. The van der Waals surface area contributed by atoms with Crippen molar-refractivity contribution < 1.29 is 9.90 Å². The van der Waals surface area contributed by atoms with Crippen LogP contribution < -0.4 is 0 Å². The van der Waals surface area contributed by atoms with Gasteiger partial charge in [-0.25, -0.2) is 0 Å². The summed E-state index contributed by atoms with van der Waals surface area (Å²) in [5, 5.41) is 13.1. The minimum absolute atomic E-state index is 0.00730. The summed E-state index contributed by atoms with van der Waals surface area (Å²) in [4.78, 5) is 14.8. The topological polar surface area (TPSA) is 40.5 Å². The average Bonchev–Trinajstić information content (AvgIpc) is 2.62. The molecule has 0 spiro atoms. The van der Waals surface area contributed by atoms with Crippen LogP contribution in [0.3, 0.4) is 0 Å². The molecule has 0 unspecified atom stereocenters. The van der Waals surface area contributed by atoms with Gasteiger partial charge in [0, 0.05) is 18.0 Å². The van der Waals surface area contributed by atoms with Crippen LogP contribution in [0.25, 0.3) is 10.8 Å². The molecule has 0 radical (unpaired) electrons. The Morgan fingerprint density at radius 3 is 2.46 bits per heavy atom. The molecule has 0 aliphatic rings. The summed E-state index contributed by atoms with van der Waals surface area (Å²) in [5.41, 5.74) is 1.17. The third-order valence-electron chi connectivity index (χ3n) is 4.35. The van der Waals surface area contributed by atoms with Gasteiger partial charge in [-0.05, 0) is 43.0 Å². The van der Waals surface area contributed by atoms with Gasteiger partial charge in [0.15, 0.2) is 0 Å². The number of benzene rings is 3.